The van der Waals surface area contributed by atoms with E-state index in [1.165, 1.54) is 29.7 Å². The van der Waals surface area contributed by atoms with E-state index in [2.05, 4.69) is 39.4 Å². The molecule has 0 saturated heterocycles. The van der Waals surface area contributed by atoms with Gasteiger partial charge in [0.05, 0.1) is 11.4 Å². The number of pyridine rings is 1. The third kappa shape index (κ3) is 3.75. The molecule has 2 aliphatic rings. The summed E-state index contributed by atoms with van der Waals surface area (Å²) in [5, 5.41) is 4.94. The van der Waals surface area contributed by atoms with Gasteiger partial charge in [0, 0.05) is 79.1 Å². The fraction of sp³-hybridized carbons (Fsp3) is 0.280. The fourth-order valence-electron chi connectivity index (χ4n) is 4.30. The van der Waals surface area contributed by atoms with Crippen LogP contribution in [-0.4, -0.2) is 36.2 Å². The first-order valence-corrected chi connectivity index (χ1v) is 10.9. The predicted octanol–water partition coefficient (Wildman–Crippen LogP) is 4.16. The molecule has 1 aliphatic carbocycles. The molecule has 1 aromatic carbocycles. The highest BCUT2D eigenvalue weighted by Crippen LogP contribution is 2.38. The van der Waals surface area contributed by atoms with Crippen molar-refractivity contribution in [3.63, 3.8) is 0 Å². The first-order chi connectivity index (χ1) is 15.3. The first kappa shape index (κ1) is 18.4. The highest BCUT2D eigenvalue weighted by atomic mass is 15.3. The van der Waals surface area contributed by atoms with Gasteiger partial charge in [0.15, 0.2) is 0 Å². The van der Waals surface area contributed by atoms with Gasteiger partial charge in [-0.2, -0.15) is 5.10 Å². The number of hydrogen-bond donors (Lipinski definition) is 0. The number of aromatic nitrogens is 5. The lowest BCUT2D eigenvalue weighted by Gasteiger charge is -2.28. The topological polar surface area (TPSA) is 59.7 Å². The van der Waals surface area contributed by atoms with Crippen molar-refractivity contribution in [2.45, 2.75) is 38.3 Å². The van der Waals surface area contributed by atoms with Gasteiger partial charge in [0.1, 0.15) is 5.82 Å². The SMILES string of the molecule is c1ccc(-n2cc(CN3CCc4nc(C5CC5)ncc4C3)c(-c3ccncc3)n2)cc1. The Morgan fingerprint density at radius 3 is 2.65 bits per heavy atom. The monoisotopic (exact) mass is 408 g/mol. The van der Waals surface area contributed by atoms with Gasteiger partial charge in [-0.25, -0.2) is 14.6 Å². The Balaban J connectivity index is 1.29. The van der Waals surface area contributed by atoms with Crippen LogP contribution in [0.2, 0.25) is 0 Å². The van der Waals surface area contributed by atoms with E-state index in [-0.39, 0.29) is 0 Å². The number of fused-ring (bicyclic) bond motifs is 1. The van der Waals surface area contributed by atoms with Gasteiger partial charge in [-0.05, 0) is 37.1 Å². The number of benzene rings is 1. The van der Waals surface area contributed by atoms with E-state index in [0.717, 1.165) is 48.8 Å². The van der Waals surface area contributed by atoms with Crippen LogP contribution >= 0.6 is 0 Å². The minimum absolute atomic E-state index is 0.607. The van der Waals surface area contributed by atoms with E-state index in [9.17, 15) is 0 Å². The Labute approximate surface area is 181 Å². The smallest absolute Gasteiger partial charge is 0.131 e. The molecule has 0 unspecified atom stereocenters. The molecule has 0 amide bonds. The molecule has 0 bridgehead atoms. The summed E-state index contributed by atoms with van der Waals surface area (Å²) < 4.78 is 1.98. The van der Waals surface area contributed by atoms with Crippen molar-refractivity contribution < 1.29 is 0 Å². The maximum atomic E-state index is 4.94. The zero-order chi connectivity index (χ0) is 20.6. The Hall–Kier alpha value is -3.38. The third-order valence-corrected chi connectivity index (χ3v) is 6.13. The molecular weight excluding hydrogens is 384 g/mol. The summed E-state index contributed by atoms with van der Waals surface area (Å²) in [6.45, 7) is 2.72. The molecule has 1 fully saturated rings. The largest absolute Gasteiger partial charge is 0.294 e. The second kappa shape index (κ2) is 7.71. The van der Waals surface area contributed by atoms with Crippen LogP contribution in [-0.2, 0) is 19.5 Å². The highest BCUT2D eigenvalue weighted by Gasteiger charge is 2.28. The van der Waals surface area contributed by atoms with Crippen LogP contribution < -0.4 is 0 Å². The average molecular weight is 409 g/mol. The van der Waals surface area contributed by atoms with E-state index in [1.807, 2.05) is 47.4 Å². The molecule has 1 aliphatic heterocycles. The quantitative estimate of drug-likeness (QED) is 0.496. The van der Waals surface area contributed by atoms with Crippen molar-refractivity contribution in [1.29, 1.82) is 0 Å². The second-order valence-corrected chi connectivity index (χ2v) is 8.45. The van der Waals surface area contributed by atoms with E-state index >= 15 is 0 Å². The standard InChI is InChI=1S/C25H24N6/c1-2-4-22(5-3-1)31-17-21(24(29-31)18-8-11-26-12-9-18)16-30-13-10-23-20(15-30)14-27-25(28-23)19-6-7-19/h1-5,8-9,11-12,14,17,19H,6-7,10,13,15-16H2. The molecule has 6 nitrogen and oxygen atoms in total. The second-order valence-electron chi connectivity index (χ2n) is 8.45. The van der Waals surface area contributed by atoms with E-state index in [4.69, 9.17) is 10.1 Å². The first-order valence-electron chi connectivity index (χ1n) is 10.9. The third-order valence-electron chi connectivity index (χ3n) is 6.13. The van der Waals surface area contributed by atoms with Gasteiger partial charge in [0.2, 0.25) is 0 Å². The summed E-state index contributed by atoms with van der Waals surface area (Å²) in [5.74, 6) is 1.66. The summed E-state index contributed by atoms with van der Waals surface area (Å²) in [6, 6.07) is 14.3. The van der Waals surface area contributed by atoms with Crippen LogP contribution in [0.4, 0.5) is 0 Å². The van der Waals surface area contributed by atoms with Crippen LogP contribution in [0.5, 0.6) is 0 Å². The number of hydrogen-bond acceptors (Lipinski definition) is 5. The maximum Gasteiger partial charge on any atom is 0.131 e. The Bertz CT molecular complexity index is 1200. The molecule has 4 heterocycles. The van der Waals surface area contributed by atoms with Gasteiger partial charge in [0.25, 0.3) is 0 Å². The van der Waals surface area contributed by atoms with E-state index in [1.54, 1.807) is 0 Å². The van der Waals surface area contributed by atoms with Crippen molar-refractivity contribution in [1.82, 2.24) is 29.6 Å². The predicted molar refractivity (Wildman–Crippen MR) is 119 cm³/mol. The van der Waals surface area contributed by atoms with Crippen molar-refractivity contribution in [2.75, 3.05) is 6.54 Å². The zero-order valence-electron chi connectivity index (χ0n) is 17.4. The van der Waals surface area contributed by atoms with Gasteiger partial charge in [-0.3, -0.25) is 9.88 Å². The van der Waals surface area contributed by atoms with E-state index < -0.39 is 0 Å². The lowest BCUT2D eigenvalue weighted by atomic mass is 10.0. The summed E-state index contributed by atoms with van der Waals surface area (Å²) >= 11 is 0. The highest BCUT2D eigenvalue weighted by molar-refractivity contribution is 5.62. The molecule has 0 spiro atoms. The molecular formula is C25H24N6. The average Bonchev–Trinajstić information content (AvgIpc) is 3.60. The van der Waals surface area contributed by atoms with Crippen LogP contribution in [0.1, 0.15) is 41.4 Å². The minimum atomic E-state index is 0.607. The van der Waals surface area contributed by atoms with Crippen LogP contribution in [0.25, 0.3) is 16.9 Å². The van der Waals surface area contributed by atoms with Gasteiger partial charge in [-0.15, -0.1) is 0 Å². The van der Waals surface area contributed by atoms with Crippen LogP contribution in [0.3, 0.4) is 0 Å². The van der Waals surface area contributed by atoms with Crippen LogP contribution in [0, 0.1) is 0 Å². The van der Waals surface area contributed by atoms with Crippen molar-refractivity contribution >= 4 is 0 Å². The molecule has 6 rings (SSSR count). The van der Waals surface area contributed by atoms with Crippen LogP contribution in [0.15, 0.2) is 67.3 Å². The summed E-state index contributed by atoms with van der Waals surface area (Å²) in [4.78, 5) is 16.2. The summed E-state index contributed by atoms with van der Waals surface area (Å²) in [7, 11) is 0. The number of nitrogens with zero attached hydrogens (tertiary/aromatic N) is 6. The molecule has 0 atom stereocenters. The zero-order valence-corrected chi connectivity index (χ0v) is 17.4. The fourth-order valence-corrected chi connectivity index (χ4v) is 4.30. The summed E-state index contributed by atoms with van der Waals surface area (Å²) in [6.07, 6.45) is 11.3. The Morgan fingerprint density at radius 2 is 1.84 bits per heavy atom. The molecule has 6 heteroatoms. The van der Waals surface area contributed by atoms with E-state index in [0.29, 0.717) is 5.92 Å². The van der Waals surface area contributed by atoms with Gasteiger partial charge >= 0.3 is 0 Å². The van der Waals surface area contributed by atoms with Crippen molar-refractivity contribution in [3.8, 4) is 16.9 Å². The Kier molecular flexibility index (Phi) is 4.57. The minimum Gasteiger partial charge on any atom is -0.294 e. The van der Waals surface area contributed by atoms with Crippen molar-refractivity contribution in [3.05, 3.63) is 89.9 Å². The van der Waals surface area contributed by atoms with Crippen molar-refractivity contribution in [2.24, 2.45) is 0 Å². The lowest BCUT2D eigenvalue weighted by molar-refractivity contribution is 0.243. The number of para-hydroxylation sites is 1. The molecule has 0 N–H and O–H groups in total. The molecule has 3 aromatic heterocycles. The molecule has 0 radical (unpaired) electrons. The summed E-state index contributed by atoms with van der Waals surface area (Å²) in [5.41, 5.74) is 6.88. The lowest BCUT2D eigenvalue weighted by Crippen LogP contribution is -2.31. The number of rotatable bonds is 5. The molecule has 31 heavy (non-hydrogen) atoms. The molecule has 1 saturated carbocycles. The Morgan fingerprint density at radius 1 is 1.00 bits per heavy atom. The molecule has 4 aromatic rings. The normalized spacial score (nSPS) is 16.3. The van der Waals surface area contributed by atoms with Gasteiger partial charge < -0.3 is 0 Å². The molecule has 154 valence electrons. The van der Waals surface area contributed by atoms with Gasteiger partial charge in [-0.1, -0.05) is 18.2 Å². The maximum absolute atomic E-state index is 4.94.